The lowest BCUT2D eigenvalue weighted by atomic mass is 10.0. The second kappa shape index (κ2) is 7.96. The Morgan fingerprint density at radius 3 is 2.62 bits per heavy atom. The third kappa shape index (κ3) is 3.79. The van der Waals surface area contributed by atoms with Crippen molar-refractivity contribution in [1.82, 2.24) is 20.2 Å². The van der Waals surface area contributed by atoms with E-state index in [1.165, 1.54) is 5.56 Å². The molecule has 0 unspecified atom stereocenters. The Hall–Kier alpha value is -4.52. The molecule has 0 saturated heterocycles. The van der Waals surface area contributed by atoms with Crippen molar-refractivity contribution in [3.05, 3.63) is 90.5 Å². The van der Waals surface area contributed by atoms with E-state index in [-0.39, 0.29) is 5.91 Å². The number of anilines is 2. The lowest BCUT2D eigenvalue weighted by molar-refractivity contribution is 0.102. The summed E-state index contributed by atoms with van der Waals surface area (Å²) in [5.74, 6) is -0.316. The van der Waals surface area contributed by atoms with E-state index in [4.69, 9.17) is 5.73 Å². The molecule has 0 spiro atoms. The van der Waals surface area contributed by atoms with E-state index in [9.17, 15) is 4.79 Å². The molecule has 5 rings (SSSR count). The predicted octanol–water partition coefficient (Wildman–Crippen LogP) is 4.83. The molecule has 3 aromatic heterocycles. The largest absolute Gasteiger partial charge is 0.397 e. The predicted molar refractivity (Wildman–Crippen MR) is 126 cm³/mol. The molecule has 32 heavy (non-hydrogen) atoms. The number of nitrogens with one attached hydrogen (secondary N) is 2. The van der Waals surface area contributed by atoms with Crippen molar-refractivity contribution in [2.75, 3.05) is 11.1 Å². The van der Waals surface area contributed by atoms with Crippen LogP contribution in [0.25, 0.3) is 33.3 Å². The SMILES string of the molecule is Cc1cccc(-c2ccc(NC(=O)c3n[nH]c4ccc(-c5cncc(N)c5)cc34)cn2)c1. The standard InChI is InChI=1S/C25H20N6O/c1-15-3-2-4-17(9-15)22-8-6-20(14-28-22)29-25(32)24-21-11-16(5-7-23(21)30-31-24)18-10-19(26)13-27-12-18/h2-14H,26H2,1H3,(H,29,32)(H,30,31). The van der Waals surface area contributed by atoms with Crippen LogP contribution in [0.15, 0.2) is 79.3 Å². The molecule has 2 aromatic carbocycles. The number of carbonyl (C=O) groups excluding carboxylic acids is 1. The Labute approximate surface area is 184 Å². The number of fused-ring (bicyclic) bond motifs is 1. The van der Waals surface area contributed by atoms with E-state index in [0.717, 1.165) is 27.9 Å². The second-order valence-corrected chi connectivity index (χ2v) is 7.60. The van der Waals surface area contributed by atoms with Crippen molar-refractivity contribution in [2.45, 2.75) is 6.92 Å². The number of hydrogen-bond donors (Lipinski definition) is 3. The second-order valence-electron chi connectivity index (χ2n) is 7.60. The van der Waals surface area contributed by atoms with E-state index in [1.807, 2.05) is 61.5 Å². The van der Waals surface area contributed by atoms with Gasteiger partial charge in [-0.15, -0.1) is 0 Å². The van der Waals surface area contributed by atoms with Gasteiger partial charge in [0.1, 0.15) is 0 Å². The fraction of sp³-hybridized carbons (Fsp3) is 0.0400. The molecule has 156 valence electrons. The summed E-state index contributed by atoms with van der Waals surface area (Å²) in [6.45, 7) is 2.04. The summed E-state index contributed by atoms with van der Waals surface area (Å²) in [6, 6.07) is 19.4. The molecule has 0 radical (unpaired) electrons. The van der Waals surface area contributed by atoms with Crippen LogP contribution in [-0.2, 0) is 0 Å². The smallest absolute Gasteiger partial charge is 0.276 e. The maximum Gasteiger partial charge on any atom is 0.276 e. The third-order valence-corrected chi connectivity index (χ3v) is 5.21. The summed E-state index contributed by atoms with van der Waals surface area (Å²) in [7, 11) is 0. The van der Waals surface area contributed by atoms with Gasteiger partial charge in [-0.25, -0.2) is 0 Å². The number of benzene rings is 2. The number of nitrogen functional groups attached to an aromatic ring is 1. The van der Waals surface area contributed by atoms with Crippen molar-refractivity contribution >= 4 is 28.2 Å². The zero-order chi connectivity index (χ0) is 22.1. The fourth-order valence-corrected chi connectivity index (χ4v) is 3.62. The lowest BCUT2D eigenvalue weighted by Crippen LogP contribution is -2.13. The molecule has 0 atom stereocenters. The van der Waals surface area contributed by atoms with Crippen LogP contribution in [0.1, 0.15) is 16.1 Å². The Balaban J connectivity index is 1.40. The maximum atomic E-state index is 12.9. The van der Waals surface area contributed by atoms with Crippen LogP contribution in [0.2, 0.25) is 0 Å². The normalized spacial score (nSPS) is 10.9. The summed E-state index contributed by atoms with van der Waals surface area (Å²) in [5, 5.41) is 10.7. The van der Waals surface area contributed by atoms with E-state index in [0.29, 0.717) is 22.5 Å². The number of aromatic nitrogens is 4. The highest BCUT2D eigenvalue weighted by Crippen LogP contribution is 2.26. The minimum atomic E-state index is -0.316. The topological polar surface area (TPSA) is 110 Å². The number of nitrogens with two attached hydrogens (primary N) is 1. The van der Waals surface area contributed by atoms with Gasteiger partial charge in [0.15, 0.2) is 5.69 Å². The quantitative estimate of drug-likeness (QED) is 0.386. The van der Waals surface area contributed by atoms with Crippen molar-refractivity contribution in [1.29, 1.82) is 0 Å². The first kappa shape index (κ1) is 19.4. The number of hydrogen-bond acceptors (Lipinski definition) is 5. The highest BCUT2D eigenvalue weighted by atomic mass is 16.1. The number of amides is 1. The molecule has 5 aromatic rings. The van der Waals surface area contributed by atoms with Gasteiger partial charge in [-0.1, -0.05) is 29.8 Å². The van der Waals surface area contributed by atoms with Crippen molar-refractivity contribution in [3.8, 4) is 22.4 Å². The average molecular weight is 420 g/mol. The molecule has 0 aliphatic carbocycles. The monoisotopic (exact) mass is 420 g/mol. The fourth-order valence-electron chi connectivity index (χ4n) is 3.62. The molecule has 0 bridgehead atoms. The molecule has 0 aliphatic rings. The highest BCUT2D eigenvalue weighted by molar-refractivity contribution is 6.11. The number of H-pyrrole nitrogens is 1. The highest BCUT2D eigenvalue weighted by Gasteiger charge is 2.16. The summed E-state index contributed by atoms with van der Waals surface area (Å²) < 4.78 is 0. The van der Waals surface area contributed by atoms with E-state index >= 15 is 0 Å². The van der Waals surface area contributed by atoms with Crippen LogP contribution in [0.3, 0.4) is 0 Å². The number of rotatable bonds is 4. The maximum absolute atomic E-state index is 12.9. The molecule has 3 heterocycles. The van der Waals surface area contributed by atoms with Gasteiger partial charge in [-0.3, -0.25) is 19.9 Å². The number of aromatic amines is 1. The first-order valence-corrected chi connectivity index (χ1v) is 10.1. The van der Waals surface area contributed by atoms with Gasteiger partial charge in [0.25, 0.3) is 5.91 Å². The van der Waals surface area contributed by atoms with Crippen molar-refractivity contribution in [3.63, 3.8) is 0 Å². The number of carbonyl (C=O) groups is 1. The molecule has 7 nitrogen and oxygen atoms in total. The summed E-state index contributed by atoms with van der Waals surface area (Å²) in [6.07, 6.45) is 4.98. The zero-order valence-corrected chi connectivity index (χ0v) is 17.3. The lowest BCUT2D eigenvalue weighted by Gasteiger charge is -2.06. The summed E-state index contributed by atoms with van der Waals surface area (Å²) in [5.41, 5.74) is 12.9. The number of aryl methyl sites for hydroxylation is 1. The zero-order valence-electron chi connectivity index (χ0n) is 17.3. The van der Waals surface area contributed by atoms with Crippen LogP contribution < -0.4 is 11.1 Å². The van der Waals surface area contributed by atoms with Gasteiger partial charge in [0.05, 0.1) is 28.8 Å². The molecule has 0 fully saturated rings. The Morgan fingerprint density at radius 1 is 0.938 bits per heavy atom. The van der Waals surface area contributed by atoms with Crippen molar-refractivity contribution < 1.29 is 4.79 Å². The summed E-state index contributed by atoms with van der Waals surface area (Å²) >= 11 is 0. The van der Waals surface area contributed by atoms with Crippen LogP contribution >= 0.6 is 0 Å². The van der Waals surface area contributed by atoms with Crippen LogP contribution in [0, 0.1) is 6.92 Å². The third-order valence-electron chi connectivity index (χ3n) is 5.21. The van der Waals surface area contributed by atoms with Crippen LogP contribution in [-0.4, -0.2) is 26.1 Å². The van der Waals surface area contributed by atoms with Gasteiger partial charge in [-0.2, -0.15) is 5.10 Å². The molecular weight excluding hydrogens is 400 g/mol. The molecular formula is C25H20N6O. The first-order chi connectivity index (χ1) is 15.6. The number of pyridine rings is 2. The van der Waals surface area contributed by atoms with Gasteiger partial charge in [0.2, 0.25) is 0 Å². The minimum absolute atomic E-state index is 0.307. The Bertz CT molecular complexity index is 1440. The van der Waals surface area contributed by atoms with E-state index < -0.39 is 0 Å². The molecule has 7 heteroatoms. The van der Waals surface area contributed by atoms with E-state index in [2.05, 4.69) is 31.5 Å². The van der Waals surface area contributed by atoms with E-state index in [1.54, 1.807) is 18.6 Å². The summed E-state index contributed by atoms with van der Waals surface area (Å²) in [4.78, 5) is 21.6. The first-order valence-electron chi connectivity index (χ1n) is 10.1. The molecule has 0 aliphatic heterocycles. The van der Waals surface area contributed by atoms with Gasteiger partial charge < -0.3 is 11.1 Å². The molecule has 1 amide bonds. The number of nitrogens with zero attached hydrogens (tertiary/aromatic N) is 3. The minimum Gasteiger partial charge on any atom is -0.397 e. The van der Waals surface area contributed by atoms with Crippen LogP contribution in [0.5, 0.6) is 0 Å². The van der Waals surface area contributed by atoms with Gasteiger partial charge in [0, 0.05) is 28.9 Å². The van der Waals surface area contributed by atoms with Gasteiger partial charge >= 0.3 is 0 Å². The molecule has 0 saturated carbocycles. The van der Waals surface area contributed by atoms with Crippen molar-refractivity contribution in [2.24, 2.45) is 0 Å². The Kier molecular flexibility index (Phi) is 4.84. The van der Waals surface area contributed by atoms with Crippen LogP contribution in [0.4, 0.5) is 11.4 Å². The van der Waals surface area contributed by atoms with Gasteiger partial charge in [-0.05, 0) is 48.9 Å². The Morgan fingerprint density at radius 2 is 1.84 bits per heavy atom. The average Bonchev–Trinajstić information content (AvgIpc) is 3.23. The molecule has 4 N–H and O–H groups in total.